The molecule has 0 saturated heterocycles. The third-order valence-electron chi connectivity index (χ3n) is 2.45. The summed E-state index contributed by atoms with van der Waals surface area (Å²) in [6.45, 7) is 0. The summed E-state index contributed by atoms with van der Waals surface area (Å²) in [5, 5.41) is 18.7. The van der Waals surface area contributed by atoms with E-state index in [1.54, 1.807) is 0 Å². The molecule has 1 aromatic carbocycles. The van der Waals surface area contributed by atoms with Gasteiger partial charge in [-0.1, -0.05) is 6.07 Å². The minimum absolute atomic E-state index is 0.342. The highest BCUT2D eigenvalue weighted by atomic mass is 19.1. The molecule has 94 valence electrons. The summed E-state index contributed by atoms with van der Waals surface area (Å²) in [5.74, 6) is -3.72. The van der Waals surface area contributed by atoms with Crippen LogP contribution in [-0.4, -0.2) is 16.2 Å². The van der Waals surface area contributed by atoms with Gasteiger partial charge in [0.05, 0.1) is 11.8 Å². The van der Waals surface area contributed by atoms with Crippen molar-refractivity contribution in [2.75, 3.05) is 0 Å². The zero-order valence-electron chi connectivity index (χ0n) is 8.93. The van der Waals surface area contributed by atoms with Crippen molar-refractivity contribution in [3.8, 4) is 0 Å². The smallest absolute Gasteiger partial charge is 0.339 e. The Morgan fingerprint density at radius 3 is 2.39 bits per heavy atom. The fourth-order valence-corrected chi connectivity index (χ4v) is 1.61. The number of aromatic carboxylic acids is 1. The number of halogens is 2. The van der Waals surface area contributed by atoms with E-state index in [1.807, 2.05) is 0 Å². The minimum atomic E-state index is -1.81. The lowest BCUT2D eigenvalue weighted by Crippen LogP contribution is -2.09. The lowest BCUT2D eigenvalue weighted by molar-refractivity contribution is 0.0686. The second kappa shape index (κ2) is 4.58. The molecule has 0 radical (unpaired) electrons. The molecule has 18 heavy (non-hydrogen) atoms. The molecular formula is C12H8F2O4. The highest BCUT2D eigenvalue weighted by Crippen LogP contribution is 2.29. The Labute approximate surface area is 100 Å². The summed E-state index contributed by atoms with van der Waals surface area (Å²) < 4.78 is 31.7. The van der Waals surface area contributed by atoms with Gasteiger partial charge in [-0.15, -0.1) is 0 Å². The molecule has 0 spiro atoms. The first-order valence-electron chi connectivity index (χ1n) is 4.95. The number of furan rings is 1. The molecule has 0 aliphatic carbocycles. The molecule has 0 bridgehead atoms. The maximum absolute atomic E-state index is 13.4. The Bertz CT molecular complexity index is 571. The van der Waals surface area contributed by atoms with Crippen molar-refractivity contribution in [2.24, 2.45) is 0 Å². The lowest BCUT2D eigenvalue weighted by atomic mass is 10.0. The third-order valence-corrected chi connectivity index (χ3v) is 2.45. The van der Waals surface area contributed by atoms with E-state index >= 15 is 0 Å². The van der Waals surface area contributed by atoms with Crippen LogP contribution in [0.15, 0.2) is 34.9 Å². The Balaban J connectivity index is 2.51. The molecule has 2 rings (SSSR count). The largest absolute Gasteiger partial charge is 0.478 e. The fraction of sp³-hybridized carbons (Fsp3) is 0.0833. The SMILES string of the molecule is O=C(O)c1ccoc1C(O)c1c(F)cccc1F. The van der Waals surface area contributed by atoms with Gasteiger partial charge in [0.2, 0.25) is 0 Å². The van der Waals surface area contributed by atoms with Gasteiger partial charge >= 0.3 is 5.97 Å². The molecule has 1 atom stereocenters. The van der Waals surface area contributed by atoms with Crippen LogP contribution in [0.5, 0.6) is 0 Å². The van der Waals surface area contributed by atoms with Crippen LogP contribution in [-0.2, 0) is 0 Å². The van der Waals surface area contributed by atoms with Gasteiger partial charge in [0.1, 0.15) is 23.3 Å². The van der Waals surface area contributed by atoms with Crippen molar-refractivity contribution in [1.29, 1.82) is 0 Å². The van der Waals surface area contributed by atoms with E-state index in [0.29, 0.717) is 0 Å². The van der Waals surface area contributed by atoms with E-state index < -0.39 is 35.0 Å². The highest BCUT2D eigenvalue weighted by molar-refractivity contribution is 5.88. The first kappa shape index (κ1) is 12.3. The summed E-state index contributed by atoms with van der Waals surface area (Å²) >= 11 is 0. The van der Waals surface area contributed by atoms with Crippen molar-refractivity contribution >= 4 is 5.97 Å². The van der Waals surface area contributed by atoms with E-state index in [9.17, 15) is 18.7 Å². The van der Waals surface area contributed by atoms with Gasteiger partial charge in [-0.05, 0) is 18.2 Å². The minimum Gasteiger partial charge on any atom is -0.478 e. The fourth-order valence-electron chi connectivity index (χ4n) is 1.61. The van der Waals surface area contributed by atoms with E-state index in [2.05, 4.69) is 0 Å². The first-order valence-corrected chi connectivity index (χ1v) is 4.95. The van der Waals surface area contributed by atoms with Gasteiger partial charge in [0.15, 0.2) is 5.76 Å². The first-order chi connectivity index (χ1) is 8.52. The number of carboxylic acids is 1. The van der Waals surface area contributed by atoms with Gasteiger partial charge < -0.3 is 14.6 Å². The van der Waals surface area contributed by atoms with Crippen LogP contribution in [0.1, 0.15) is 27.8 Å². The van der Waals surface area contributed by atoms with Crippen molar-refractivity contribution in [3.63, 3.8) is 0 Å². The van der Waals surface area contributed by atoms with Gasteiger partial charge in [0.25, 0.3) is 0 Å². The molecule has 0 fully saturated rings. The Morgan fingerprint density at radius 1 is 1.22 bits per heavy atom. The van der Waals surface area contributed by atoms with E-state index in [-0.39, 0.29) is 5.56 Å². The standard InChI is InChI=1S/C12H8F2O4/c13-7-2-1-3-8(14)9(7)10(15)11-6(12(16)17)4-5-18-11/h1-5,10,15H,(H,16,17). The van der Waals surface area contributed by atoms with Crippen molar-refractivity contribution in [2.45, 2.75) is 6.10 Å². The molecule has 2 aromatic rings. The Kier molecular flexibility index (Phi) is 3.12. The molecule has 4 nitrogen and oxygen atoms in total. The predicted octanol–water partition coefficient (Wildman–Crippen LogP) is 2.34. The molecule has 6 heteroatoms. The zero-order valence-corrected chi connectivity index (χ0v) is 8.93. The number of aliphatic hydroxyl groups excluding tert-OH is 1. The van der Waals surface area contributed by atoms with Crippen molar-refractivity contribution < 1.29 is 28.2 Å². The summed E-state index contributed by atoms with van der Waals surface area (Å²) in [7, 11) is 0. The average Bonchev–Trinajstić information content (AvgIpc) is 2.77. The van der Waals surface area contributed by atoms with Gasteiger partial charge in [-0.2, -0.15) is 0 Å². The Morgan fingerprint density at radius 2 is 1.83 bits per heavy atom. The van der Waals surface area contributed by atoms with Gasteiger partial charge in [-0.3, -0.25) is 0 Å². The van der Waals surface area contributed by atoms with Crippen LogP contribution in [0.4, 0.5) is 8.78 Å². The van der Waals surface area contributed by atoms with Crippen LogP contribution < -0.4 is 0 Å². The number of carboxylic acid groups (broad SMARTS) is 1. The molecular weight excluding hydrogens is 246 g/mol. The normalized spacial score (nSPS) is 12.4. The zero-order chi connectivity index (χ0) is 13.3. The topological polar surface area (TPSA) is 70.7 Å². The quantitative estimate of drug-likeness (QED) is 0.881. The maximum atomic E-state index is 13.4. The second-order valence-electron chi connectivity index (χ2n) is 3.54. The molecule has 0 saturated carbocycles. The number of benzene rings is 1. The predicted molar refractivity (Wildman–Crippen MR) is 56.1 cm³/mol. The van der Waals surface area contributed by atoms with Crippen LogP contribution in [0.3, 0.4) is 0 Å². The number of carbonyl (C=O) groups is 1. The van der Waals surface area contributed by atoms with Crippen molar-refractivity contribution in [3.05, 3.63) is 59.1 Å². The van der Waals surface area contributed by atoms with Crippen LogP contribution in [0, 0.1) is 11.6 Å². The second-order valence-corrected chi connectivity index (χ2v) is 3.54. The number of hydrogen-bond donors (Lipinski definition) is 2. The molecule has 1 heterocycles. The molecule has 1 unspecified atom stereocenters. The van der Waals surface area contributed by atoms with Gasteiger partial charge in [-0.25, -0.2) is 13.6 Å². The third kappa shape index (κ3) is 1.98. The number of aliphatic hydroxyl groups is 1. The summed E-state index contributed by atoms with van der Waals surface area (Å²) in [4.78, 5) is 10.8. The molecule has 0 aliphatic heterocycles. The van der Waals surface area contributed by atoms with Crippen LogP contribution in [0.2, 0.25) is 0 Å². The van der Waals surface area contributed by atoms with E-state index in [0.717, 1.165) is 30.5 Å². The maximum Gasteiger partial charge on any atom is 0.339 e. The van der Waals surface area contributed by atoms with E-state index in [1.165, 1.54) is 0 Å². The van der Waals surface area contributed by atoms with Crippen LogP contribution >= 0.6 is 0 Å². The number of hydrogen-bond acceptors (Lipinski definition) is 3. The summed E-state index contributed by atoms with van der Waals surface area (Å²) in [6.07, 6.45) is -0.784. The highest BCUT2D eigenvalue weighted by Gasteiger charge is 2.26. The van der Waals surface area contributed by atoms with Gasteiger partial charge in [0, 0.05) is 0 Å². The Hall–Kier alpha value is -2.21. The van der Waals surface area contributed by atoms with Crippen molar-refractivity contribution in [1.82, 2.24) is 0 Å². The molecule has 0 amide bonds. The monoisotopic (exact) mass is 254 g/mol. The molecule has 2 N–H and O–H groups in total. The lowest BCUT2D eigenvalue weighted by Gasteiger charge is -2.11. The number of rotatable bonds is 3. The molecule has 0 aliphatic rings. The average molecular weight is 254 g/mol. The summed E-state index contributed by atoms with van der Waals surface area (Å²) in [5.41, 5.74) is -0.986. The van der Waals surface area contributed by atoms with E-state index in [4.69, 9.17) is 9.52 Å². The summed E-state index contributed by atoms with van der Waals surface area (Å²) in [6, 6.07) is 4.16. The van der Waals surface area contributed by atoms with Crippen LogP contribution in [0.25, 0.3) is 0 Å². The molecule has 1 aromatic heterocycles.